The topological polar surface area (TPSA) is 64.9 Å². The summed E-state index contributed by atoms with van der Waals surface area (Å²) in [5.74, 6) is -0.192. The average molecular weight is 332 g/mol. The molecule has 0 spiro atoms. The molecule has 0 aromatic heterocycles. The lowest BCUT2D eigenvalue weighted by Crippen LogP contribution is -2.26. The van der Waals surface area contributed by atoms with Gasteiger partial charge in [-0.15, -0.1) is 11.6 Å². The number of benzene rings is 1. The molecule has 0 saturated heterocycles. The SMILES string of the molecule is N#C/C(=C/Nc1ccc(C(F)(F)F)cc1)C(=O)NCCCCl. The standard InChI is InChI=1S/C14H13ClF3N3O/c15-6-1-7-20-13(22)10(8-19)9-21-12-4-2-11(3-5-12)14(16,17)18/h2-5,9,21H,1,6-7H2,(H,20,22)/b10-9-. The number of amides is 1. The fraction of sp³-hybridized carbons (Fsp3) is 0.286. The Morgan fingerprint density at radius 2 is 1.95 bits per heavy atom. The molecule has 0 fully saturated rings. The second-order valence-electron chi connectivity index (χ2n) is 4.19. The molecule has 0 unspecified atom stereocenters. The molecule has 0 aliphatic rings. The number of halogens is 4. The predicted octanol–water partition coefficient (Wildman–Crippen LogP) is 3.27. The molecule has 2 N–H and O–H groups in total. The summed E-state index contributed by atoms with van der Waals surface area (Å²) in [5.41, 5.74) is -0.634. The first-order valence-corrected chi connectivity index (χ1v) is 6.80. The lowest BCUT2D eigenvalue weighted by Gasteiger charge is -2.08. The first kappa shape index (κ1) is 17.9. The summed E-state index contributed by atoms with van der Waals surface area (Å²) < 4.78 is 37.2. The average Bonchev–Trinajstić information content (AvgIpc) is 2.47. The van der Waals surface area contributed by atoms with Gasteiger partial charge in [-0.3, -0.25) is 4.79 Å². The van der Waals surface area contributed by atoms with Crippen molar-refractivity contribution in [2.75, 3.05) is 17.7 Å². The van der Waals surface area contributed by atoms with Gasteiger partial charge in [-0.05, 0) is 30.7 Å². The van der Waals surface area contributed by atoms with Crippen LogP contribution in [0.15, 0.2) is 36.0 Å². The first-order chi connectivity index (χ1) is 10.4. The van der Waals surface area contributed by atoms with Gasteiger partial charge in [-0.2, -0.15) is 18.4 Å². The molecule has 0 atom stereocenters. The van der Waals surface area contributed by atoms with Gasteiger partial charge in [0.25, 0.3) is 5.91 Å². The third kappa shape index (κ3) is 5.66. The van der Waals surface area contributed by atoms with Crippen LogP contribution in [0.1, 0.15) is 12.0 Å². The number of nitrogens with zero attached hydrogens (tertiary/aromatic N) is 1. The van der Waals surface area contributed by atoms with Crippen molar-refractivity contribution < 1.29 is 18.0 Å². The Balaban J connectivity index is 2.68. The number of carbonyl (C=O) groups excluding carboxylic acids is 1. The number of hydrogen-bond donors (Lipinski definition) is 2. The van der Waals surface area contributed by atoms with E-state index >= 15 is 0 Å². The number of rotatable bonds is 6. The van der Waals surface area contributed by atoms with Crippen molar-refractivity contribution in [2.45, 2.75) is 12.6 Å². The van der Waals surface area contributed by atoms with E-state index in [2.05, 4.69) is 10.6 Å². The molecule has 0 aliphatic heterocycles. The minimum atomic E-state index is -4.41. The molecule has 0 aliphatic carbocycles. The quantitative estimate of drug-likeness (QED) is 0.364. The maximum absolute atomic E-state index is 12.4. The van der Waals surface area contributed by atoms with Gasteiger partial charge in [-0.25, -0.2) is 0 Å². The summed E-state index contributed by atoms with van der Waals surface area (Å²) in [5, 5.41) is 14.0. The number of carbonyl (C=O) groups is 1. The van der Waals surface area contributed by atoms with E-state index in [9.17, 15) is 18.0 Å². The van der Waals surface area contributed by atoms with Gasteiger partial charge in [0, 0.05) is 24.3 Å². The van der Waals surface area contributed by atoms with Crippen LogP contribution >= 0.6 is 11.6 Å². The fourth-order valence-electron chi connectivity index (χ4n) is 1.42. The van der Waals surface area contributed by atoms with Gasteiger partial charge in [0.1, 0.15) is 11.6 Å². The van der Waals surface area contributed by atoms with Crippen molar-refractivity contribution in [1.82, 2.24) is 5.32 Å². The van der Waals surface area contributed by atoms with Gasteiger partial charge in [0.15, 0.2) is 0 Å². The molecule has 0 radical (unpaired) electrons. The summed E-state index contributed by atoms with van der Waals surface area (Å²) in [4.78, 5) is 11.6. The smallest absolute Gasteiger partial charge is 0.360 e. The molecule has 22 heavy (non-hydrogen) atoms. The Hall–Kier alpha value is -2.20. The summed E-state index contributed by atoms with van der Waals surface area (Å²) in [7, 11) is 0. The number of nitrogens with one attached hydrogen (secondary N) is 2. The Bertz CT molecular complexity index is 576. The van der Waals surface area contributed by atoms with Crippen molar-refractivity contribution >= 4 is 23.2 Å². The van der Waals surface area contributed by atoms with Crippen molar-refractivity contribution in [2.24, 2.45) is 0 Å². The molecule has 0 heterocycles. The lowest BCUT2D eigenvalue weighted by atomic mass is 10.2. The van der Waals surface area contributed by atoms with Crippen LogP contribution in [-0.4, -0.2) is 18.3 Å². The van der Waals surface area contributed by atoms with Gasteiger partial charge >= 0.3 is 6.18 Å². The third-order valence-electron chi connectivity index (χ3n) is 2.56. The summed E-state index contributed by atoms with van der Waals surface area (Å²) >= 11 is 5.46. The third-order valence-corrected chi connectivity index (χ3v) is 2.82. The van der Waals surface area contributed by atoms with E-state index in [1.807, 2.05) is 0 Å². The van der Waals surface area contributed by atoms with Crippen LogP contribution in [0.4, 0.5) is 18.9 Å². The molecule has 0 saturated carbocycles. The van der Waals surface area contributed by atoms with E-state index in [0.717, 1.165) is 18.3 Å². The van der Waals surface area contributed by atoms with E-state index in [1.54, 1.807) is 6.07 Å². The van der Waals surface area contributed by atoms with Gasteiger partial charge < -0.3 is 10.6 Å². The first-order valence-electron chi connectivity index (χ1n) is 6.26. The van der Waals surface area contributed by atoms with Crippen LogP contribution in [-0.2, 0) is 11.0 Å². The highest BCUT2D eigenvalue weighted by atomic mass is 35.5. The van der Waals surface area contributed by atoms with Crippen LogP contribution in [0.2, 0.25) is 0 Å². The van der Waals surface area contributed by atoms with Crippen molar-refractivity contribution in [1.29, 1.82) is 5.26 Å². The Kier molecular flexibility index (Phi) is 6.73. The summed E-state index contributed by atoms with van der Waals surface area (Å²) in [6.07, 6.45) is -2.70. The van der Waals surface area contributed by atoms with Crippen molar-refractivity contribution in [3.05, 3.63) is 41.6 Å². The summed E-state index contributed by atoms with van der Waals surface area (Å²) in [6.45, 7) is 0.335. The molecule has 1 rings (SSSR count). The van der Waals surface area contributed by atoms with Crippen LogP contribution in [0, 0.1) is 11.3 Å². The zero-order valence-electron chi connectivity index (χ0n) is 11.4. The van der Waals surface area contributed by atoms with Gasteiger partial charge in [0.05, 0.1) is 5.56 Å². The molecule has 4 nitrogen and oxygen atoms in total. The number of anilines is 1. The lowest BCUT2D eigenvalue weighted by molar-refractivity contribution is -0.137. The molecule has 8 heteroatoms. The minimum Gasteiger partial charge on any atom is -0.360 e. The molecule has 0 bridgehead atoms. The Labute approximate surface area is 130 Å². The zero-order valence-corrected chi connectivity index (χ0v) is 12.1. The Morgan fingerprint density at radius 3 is 2.45 bits per heavy atom. The fourth-order valence-corrected chi connectivity index (χ4v) is 1.56. The molecular formula is C14H13ClF3N3O. The second-order valence-corrected chi connectivity index (χ2v) is 4.57. The van der Waals surface area contributed by atoms with Crippen LogP contribution in [0.25, 0.3) is 0 Å². The van der Waals surface area contributed by atoms with Crippen molar-refractivity contribution in [3.63, 3.8) is 0 Å². The maximum Gasteiger partial charge on any atom is 0.416 e. The molecule has 1 aromatic rings. The van der Waals surface area contributed by atoms with E-state index in [0.29, 0.717) is 24.5 Å². The van der Waals surface area contributed by atoms with Crippen molar-refractivity contribution in [3.8, 4) is 6.07 Å². The minimum absolute atomic E-state index is 0.186. The Morgan fingerprint density at radius 1 is 1.32 bits per heavy atom. The molecule has 118 valence electrons. The molecule has 1 amide bonds. The number of nitriles is 1. The van der Waals surface area contributed by atoms with Crippen LogP contribution < -0.4 is 10.6 Å². The summed E-state index contributed by atoms with van der Waals surface area (Å²) in [6, 6.07) is 5.94. The van der Waals surface area contributed by atoms with E-state index in [4.69, 9.17) is 16.9 Å². The number of hydrogen-bond acceptors (Lipinski definition) is 3. The van der Waals surface area contributed by atoms with Crippen LogP contribution in [0.5, 0.6) is 0 Å². The van der Waals surface area contributed by atoms with E-state index in [1.165, 1.54) is 12.1 Å². The van der Waals surface area contributed by atoms with Gasteiger partial charge in [-0.1, -0.05) is 0 Å². The molecular weight excluding hydrogens is 319 g/mol. The number of alkyl halides is 4. The van der Waals surface area contributed by atoms with Gasteiger partial charge in [0.2, 0.25) is 0 Å². The van der Waals surface area contributed by atoms with E-state index in [-0.39, 0.29) is 5.57 Å². The monoisotopic (exact) mass is 331 g/mol. The maximum atomic E-state index is 12.4. The molecule has 1 aromatic carbocycles. The highest BCUT2D eigenvalue weighted by molar-refractivity contribution is 6.17. The zero-order chi connectivity index (χ0) is 16.6. The second kappa shape index (κ2) is 8.29. The highest BCUT2D eigenvalue weighted by Gasteiger charge is 2.29. The predicted molar refractivity (Wildman–Crippen MR) is 77.1 cm³/mol. The highest BCUT2D eigenvalue weighted by Crippen LogP contribution is 2.29. The van der Waals surface area contributed by atoms with Crippen LogP contribution in [0.3, 0.4) is 0 Å². The van der Waals surface area contributed by atoms with E-state index < -0.39 is 17.6 Å². The normalized spacial score (nSPS) is 11.7. The largest absolute Gasteiger partial charge is 0.416 e.